The summed E-state index contributed by atoms with van der Waals surface area (Å²) in [6.45, 7) is 4.55. The molecule has 0 saturated carbocycles. The van der Waals surface area contributed by atoms with Crippen LogP contribution in [-0.4, -0.2) is 13.4 Å². The molecule has 0 saturated heterocycles. The first-order chi connectivity index (χ1) is 9.19. The smallest absolute Gasteiger partial charge is 0.133 e. The quantitative estimate of drug-likeness (QED) is 0.668. The van der Waals surface area contributed by atoms with Crippen molar-refractivity contribution in [1.29, 1.82) is 0 Å². The number of benzene rings is 2. The summed E-state index contributed by atoms with van der Waals surface area (Å²) in [7, 11) is 1.73. The van der Waals surface area contributed by atoms with E-state index in [1.807, 2.05) is 0 Å². The van der Waals surface area contributed by atoms with Crippen LogP contribution in [0, 0.1) is 0 Å². The van der Waals surface area contributed by atoms with Crippen LogP contribution in [0.15, 0.2) is 35.2 Å². The van der Waals surface area contributed by atoms with Crippen molar-refractivity contribution in [2.24, 2.45) is 0 Å². The van der Waals surface area contributed by atoms with Crippen molar-refractivity contribution in [3.8, 4) is 5.75 Å². The minimum absolute atomic E-state index is 0.634. The molecule has 0 bridgehead atoms. The molecule has 0 amide bonds. The molecule has 2 aromatic rings. The number of hydrogen-bond acceptors (Lipinski definition) is 2. The van der Waals surface area contributed by atoms with Gasteiger partial charge in [0.25, 0.3) is 0 Å². The van der Waals surface area contributed by atoms with E-state index < -0.39 is 0 Å². The van der Waals surface area contributed by atoms with Crippen molar-refractivity contribution >= 4 is 22.5 Å². The number of fused-ring (bicyclic) bond motifs is 1. The molecule has 102 valence electrons. The van der Waals surface area contributed by atoms with Gasteiger partial charge in [0.15, 0.2) is 0 Å². The summed E-state index contributed by atoms with van der Waals surface area (Å²) >= 11 is 1.73. The van der Waals surface area contributed by atoms with Crippen molar-refractivity contribution in [2.45, 2.75) is 37.5 Å². The van der Waals surface area contributed by atoms with E-state index >= 15 is 0 Å². The summed E-state index contributed by atoms with van der Waals surface area (Å²) in [5.41, 5.74) is 1.44. The maximum atomic E-state index is 5.44. The molecule has 0 radical (unpaired) electrons. The molecule has 2 aromatic carbocycles. The summed E-state index contributed by atoms with van der Waals surface area (Å²) in [6.07, 6.45) is 4.57. The molecule has 0 aliphatic rings. The highest BCUT2D eigenvalue weighted by molar-refractivity contribution is 7.98. The zero-order valence-electron chi connectivity index (χ0n) is 12.2. The SMILES string of the molecule is CCCC(C)c1ccc2cc(OC)c(SC)cc2c1. The van der Waals surface area contributed by atoms with E-state index in [9.17, 15) is 0 Å². The number of rotatable bonds is 5. The third kappa shape index (κ3) is 3.06. The average molecular weight is 274 g/mol. The minimum Gasteiger partial charge on any atom is -0.496 e. The standard InChI is InChI=1S/C17H22OS/c1-5-6-12(2)13-7-8-14-10-16(18-3)17(19-4)11-15(14)9-13/h7-12H,5-6H2,1-4H3. The number of ether oxygens (including phenoxy) is 1. The van der Waals surface area contributed by atoms with Gasteiger partial charge in [-0.3, -0.25) is 0 Å². The van der Waals surface area contributed by atoms with E-state index in [-0.39, 0.29) is 0 Å². The van der Waals surface area contributed by atoms with Crippen LogP contribution >= 0.6 is 11.8 Å². The highest BCUT2D eigenvalue weighted by atomic mass is 32.2. The van der Waals surface area contributed by atoms with Crippen molar-refractivity contribution in [3.05, 3.63) is 35.9 Å². The second kappa shape index (κ2) is 6.33. The van der Waals surface area contributed by atoms with E-state index in [0.29, 0.717) is 5.92 Å². The van der Waals surface area contributed by atoms with E-state index in [1.54, 1.807) is 18.9 Å². The van der Waals surface area contributed by atoms with E-state index in [1.165, 1.54) is 34.1 Å². The molecule has 1 unspecified atom stereocenters. The Bertz CT molecular complexity index is 562. The predicted molar refractivity (Wildman–Crippen MR) is 85.6 cm³/mol. The Morgan fingerprint density at radius 2 is 1.95 bits per heavy atom. The minimum atomic E-state index is 0.634. The molecule has 0 fully saturated rings. The zero-order valence-corrected chi connectivity index (χ0v) is 13.0. The Morgan fingerprint density at radius 3 is 2.58 bits per heavy atom. The highest BCUT2D eigenvalue weighted by Gasteiger charge is 2.08. The fourth-order valence-electron chi connectivity index (χ4n) is 2.50. The second-order valence-corrected chi connectivity index (χ2v) is 5.85. The molecule has 1 atom stereocenters. The first kappa shape index (κ1) is 14.3. The van der Waals surface area contributed by atoms with Crippen LogP contribution in [0.1, 0.15) is 38.2 Å². The van der Waals surface area contributed by atoms with E-state index in [4.69, 9.17) is 4.74 Å². The number of methoxy groups -OCH3 is 1. The molecule has 19 heavy (non-hydrogen) atoms. The maximum Gasteiger partial charge on any atom is 0.133 e. The summed E-state index contributed by atoms with van der Waals surface area (Å²) in [5.74, 6) is 1.60. The Labute approximate surface area is 120 Å². The summed E-state index contributed by atoms with van der Waals surface area (Å²) in [6, 6.07) is 11.2. The number of thioether (sulfide) groups is 1. The zero-order chi connectivity index (χ0) is 13.8. The first-order valence-corrected chi connectivity index (χ1v) is 8.07. The molecule has 1 nitrogen and oxygen atoms in total. The van der Waals surface area contributed by atoms with Gasteiger partial charge < -0.3 is 4.74 Å². The lowest BCUT2D eigenvalue weighted by molar-refractivity contribution is 0.405. The van der Waals surface area contributed by atoms with Crippen molar-refractivity contribution in [3.63, 3.8) is 0 Å². The van der Waals surface area contributed by atoms with Gasteiger partial charge in [-0.1, -0.05) is 38.5 Å². The molecule has 0 aliphatic heterocycles. The third-order valence-corrected chi connectivity index (χ3v) is 4.42. The Hall–Kier alpha value is -1.15. The third-order valence-electron chi connectivity index (χ3n) is 3.66. The topological polar surface area (TPSA) is 9.23 Å². The first-order valence-electron chi connectivity index (χ1n) is 6.85. The molecule has 0 heterocycles. The molecule has 2 heteroatoms. The van der Waals surface area contributed by atoms with Crippen LogP contribution in [0.25, 0.3) is 10.8 Å². The summed E-state index contributed by atoms with van der Waals surface area (Å²) < 4.78 is 5.44. The van der Waals surface area contributed by atoms with Gasteiger partial charge in [-0.05, 0) is 47.1 Å². The van der Waals surface area contributed by atoms with E-state index in [2.05, 4.69) is 50.4 Å². The Morgan fingerprint density at radius 1 is 1.16 bits per heavy atom. The Balaban J connectivity index is 2.47. The average Bonchev–Trinajstić information content (AvgIpc) is 2.45. The molecule has 0 N–H and O–H groups in total. The molecule has 0 aromatic heterocycles. The molecule has 0 aliphatic carbocycles. The maximum absolute atomic E-state index is 5.44. The molecular weight excluding hydrogens is 252 g/mol. The fourth-order valence-corrected chi connectivity index (χ4v) is 3.09. The van der Waals surface area contributed by atoms with Gasteiger partial charge in [0.1, 0.15) is 5.75 Å². The lowest BCUT2D eigenvalue weighted by Gasteiger charge is -2.13. The van der Waals surface area contributed by atoms with Gasteiger partial charge in [-0.2, -0.15) is 0 Å². The van der Waals surface area contributed by atoms with Crippen LogP contribution in [0.5, 0.6) is 5.75 Å². The van der Waals surface area contributed by atoms with Gasteiger partial charge in [0, 0.05) is 4.90 Å². The monoisotopic (exact) mass is 274 g/mol. The largest absolute Gasteiger partial charge is 0.496 e. The van der Waals surface area contributed by atoms with Crippen LogP contribution in [0.4, 0.5) is 0 Å². The lowest BCUT2D eigenvalue weighted by Crippen LogP contribution is -1.93. The van der Waals surface area contributed by atoms with Gasteiger partial charge in [-0.25, -0.2) is 0 Å². The van der Waals surface area contributed by atoms with Crippen LogP contribution in [0.3, 0.4) is 0 Å². The van der Waals surface area contributed by atoms with E-state index in [0.717, 1.165) is 5.75 Å². The van der Waals surface area contributed by atoms with Crippen molar-refractivity contribution in [2.75, 3.05) is 13.4 Å². The van der Waals surface area contributed by atoms with Gasteiger partial charge in [-0.15, -0.1) is 11.8 Å². The van der Waals surface area contributed by atoms with Crippen molar-refractivity contribution < 1.29 is 4.74 Å². The summed E-state index contributed by atoms with van der Waals surface area (Å²) in [4.78, 5) is 1.20. The second-order valence-electron chi connectivity index (χ2n) is 5.00. The highest BCUT2D eigenvalue weighted by Crippen LogP contribution is 2.34. The lowest BCUT2D eigenvalue weighted by atomic mass is 9.94. The van der Waals surface area contributed by atoms with Crippen LogP contribution < -0.4 is 4.74 Å². The summed E-state index contributed by atoms with van der Waals surface area (Å²) in [5, 5.41) is 2.56. The molecule has 0 spiro atoms. The van der Waals surface area contributed by atoms with Gasteiger partial charge in [0.05, 0.1) is 7.11 Å². The predicted octanol–water partition coefficient (Wildman–Crippen LogP) is 5.47. The number of hydrogen-bond donors (Lipinski definition) is 0. The van der Waals surface area contributed by atoms with Crippen LogP contribution in [-0.2, 0) is 0 Å². The fraction of sp³-hybridized carbons (Fsp3) is 0.412. The molecule has 2 rings (SSSR count). The normalized spacial score (nSPS) is 12.6. The Kier molecular flexibility index (Phi) is 4.76. The van der Waals surface area contributed by atoms with Gasteiger partial charge >= 0.3 is 0 Å². The van der Waals surface area contributed by atoms with Gasteiger partial charge in [0.2, 0.25) is 0 Å². The van der Waals surface area contributed by atoms with Crippen LogP contribution in [0.2, 0.25) is 0 Å². The van der Waals surface area contributed by atoms with Crippen molar-refractivity contribution in [1.82, 2.24) is 0 Å². The molecular formula is C17H22OS.